The van der Waals surface area contributed by atoms with E-state index in [9.17, 15) is 4.79 Å². The van der Waals surface area contributed by atoms with Crippen molar-refractivity contribution in [3.8, 4) is 5.88 Å². The predicted octanol–water partition coefficient (Wildman–Crippen LogP) is 1.55. The van der Waals surface area contributed by atoms with Gasteiger partial charge in [0.05, 0.1) is 13.7 Å². The normalized spacial score (nSPS) is 11.8. The molecule has 0 amide bonds. The number of anilines is 1. The van der Waals surface area contributed by atoms with Gasteiger partial charge in [0.2, 0.25) is 11.8 Å². The number of nitrogens with zero attached hydrogens (tertiary/aromatic N) is 2. The molecule has 1 N–H and O–H groups in total. The highest BCUT2D eigenvalue weighted by atomic mass is 16.5. The topological polar surface area (TPSA) is 73.3 Å². The molecule has 0 saturated carbocycles. The summed E-state index contributed by atoms with van der Waals surface area (Å²) >= 11 is 0. The smallest absolute Gasteiger partial charge is 0.328 e. The van der Waals surface area contributed by atoms with E-state index in [2.05, 4.69) is 20.0 Å². The van der Waals surface area contributed by atoms with Gasteiger partial charge < -0.3 is 14.8 Å². The molecule has 6 heteroatoms. The molecule has 0 aliphatic carbocycles. The molecule has 0 aliphatic rings. The largest absolute Gasteiger partial charge is 0.478 e. The molecule has 0 aromatic carbocycles. The average molecular weight is 253 g/mol. The van der Waals surface area contributed by atoms with Crippen LogP contribution in [0.25, 0.3) is 0 Å². The third-order valence-corrected chi connectivity index (χ3v) is 2.19. The Bertz CT molecular complexity index is 410. The maximum atomic E-state index is 11.3. The van der Waals surface area contributed by atoms with Crippen molar-refractivity contribution in [1.29, 1.82) is 0 Å². The fraction of sp³-hybridized carbons (Fsp3) is 0.583. The van der Waals surface area contributed by atoms with Crippen LogP contribution in [0.1, 0.15) is 26.0 Å². The second-order valence-corrected chi connectivity index (χ2v) is 3.91. The summed E-state index contributed by atoms with van der Waals surface area (Å²) in [4.78, 5) is 19.7. The minimum Gasteiger partial charge on any atom is -0.478 e. The molecule has 100 valence electrons. The van der Waals surface area contributed by atoms with Gasteiger partial charge in [-0.15, -0.1) is 0 Å². The van der Waals surface area contributed by atoms with Gasteiger partial charge in [0, 0.05) is 11.8 Å². The lowest BCUT2D eigenvalue weighted by molar-refractivity contribution is -0.141. The van der Waals surface area contributed by atoms with Gasteiger partial charge in [-0.3, -0.25) is 0 Å². The van der Waals surface area contributed by atoms with E-state index in [-0.39, 0.29) is 5.97 Å². The Kier molecular flexibility index (Phi) is 5.35. The standard InChI is InChI=1S/C12H19N3O3/c1-5-6-18-10-7-8(2)13-12(15-10)14-9(3)11(16)17-4/h7,9H,5-6H2,1-4H3,(H,13,14,15). The summed E-state index contributed by atoms with van der Waals surface area (Å²) in [7, 11) is 1.34. The van der Waals surface area contributed by atoms with Crippen LogP contribution in [0.5, 0.6) is 5.88 Å². The zero-order valence-electron chi connectivity index (χ0n) is 11.2. The van der Waals surface area contributed by atoms with Gasteiger partial charge in [0.1, 0.15) is 6.04 Å². The molecule has 1 heterocycles. The fourth-order valence-electron chi connectivity index (χ4n) is 1.31. The van der Waals surface area contributed by atoms with Crippen molar-refractivity contribution in [3.63, 3.8) is 0 Å². The minimum atomic E-state index is -0.504. The second kappa shape index (κ2) is 6.78. The van der Waals surface area contributed by atoms with Crippen molar-refractivity contribution < 1.29 is 14.3 Å². The van der Waals surface area contributed by atoms with Gasteiger partial charge in [-0.25, -0.2) is 9.78 Å². The number of carbonyl (C=O) groups excluding carboxylic acids is 1. The zero-order chi connectivity index (χ0) is 13.5. The number of rotatable bonds is 6. The van der Waals surface area contributed by atoms with E-state index < -0.39 is 6.04 Å². The monoisotopic (exact) mass is 253 g/mol. The minimum absolute atomic E-state index is 0.360. The number of hydrogen-bond acceptors (Lipinski definition) is 6. The van der Waals surface area contributed by atoms with Gasteiger partial charge in [-0.2, -0.15) is 4.98 Å². The van der Waals surface area contributed by atoms with Crippen molar-refractivity contribution >= 4 is 11.9 Å². The molecule has 1 rings (SSSR count). The summed E-state index contributed by atoms with van der Waals surface area (Å²) in [5.74, 6) is 0.499. The second-order valence-electron chi connectivity index (χ2n) is 3.91. The van der Waals surface area contributed by atoms with E-state index in [0.29, 0.717) is 18.4 Å². The van der Waals surface area contributed by atoms with E-state index in [4.69, 9.17) is 4.74 Å². The first-order valence-electron chi connectivity index (χ1n) is 5.89. The van der Waals surface area contributed by atoms with Crippen LogP contribution in [0.3, 0.4) is 0 Å². The fourth-order valence-corrected chi connectivity index (χ4v) is 1.31. The van der Waals surface area contributed by atoms with Gasteiger partial charge in [-0.05, 0) is 20.3 Å². The van der Waals surface area contributed by atoms with Crippen molar-refractivity contribution in [2.75, 3.05) is 19.0 Å². The van der Waals surface area contributed by atoms with Crippen molar-refractivity contribution in [3.05, 3.63) is 11.8 Å². The van der Waals surface area contributed by atoms with Crippen molar-refractivity contribution in [1.82, 2.24) is 9.97 Å². The average Bonchev–Trinajstić information content (AvgIpc) is 2.34. The number of esters is 1. The van der Waals surface area contributed by atoms with Crippen molar-refractivity contribution in [2.45, 2.75) is 33.2 Å². The Hall–Kier alpha value is -1.85. The molecule has 1 atom stereocenters. The molecule has 0 spiro atoms. The van der Waals surface area contributed by atoms with Crippen molar-refractivity contribution in [2.24, 2.45) is 0 Å². The van der Waals surface area contributed by atoms with E-state index in [0.717, 1.165) is 12.1 Å². The summed E-state index contributed by atoms with van der Waals surface area (Å²) in [5, 5.41) is 2.87. The molecule has 1 unspecified atom stereocenters. The lowest BCUT2D eigenvalue weighted by Crippen LogP contribution is -2.28. The third kappa shape index (κ3) is 4.20. The molecule has 0 aliphatic heterocycles. The van der Waals surface area contributed by atoms with Crippen LogP contribution in [0, 0.1) is 6.92 Å². The van der Waals surface area contributed by atoms with Gasteiger partial charge in [0.15, 0.2) is 0 Å². The summed E-state index contributed by atoms with van der Waals surface area (Å²) < 4.78 is 10.1. The molecule has 1 aromatic rings. The number of hydrogen-bond donors (Lipinski definition) is 1. The Morgan fingerprint density at radius 2 is 2.22 bits per heavy atom. The number of aromatic nitrogens is 2. The van der Waals surface area contributed by atoms with E-state index in [1.54, 1.807) is 13.0 Å². The highest BCUT2D eigenvalue weighted by molar-refractivity contribution is 5.77. The van der Waals surface area contributed by atoms with E-state index >= 15 is 0 Å². The Balaban J connectivity index is 2.76. The number of ether oxygens (including phenoxy) is 2. The number of aryl methyl sites for hydroxylation is 1. The van der Waals surface area contributed by atoms with Crippen LogP contribution >= 0.6 is 0 Å². The molecule has 1 aromatic heterocycles. The Morgan fingerprint density at radius 3 is 2.83 bits per heavy atom. The van der Waals surface area contributed by atoms with Gasteiger partial charge >= 0.3 is 5.97 Å². The summed E-state index contributed by atoms with van der Waals surface area (Å²) in [6.45, 7) is 6.15. The summed E-state index contributed by atoms with van der Waals surface area (Å²) in [6.07, 6.45) is 0.907. The molecule has 0 radical (unpaired) electrons. The molecular formula is C12H19N3O3. The first-order chi connectivity index (χ1) is 8.56. The molecule has 0 fully saturated rings. The Morgan fingerprint density at radius 1 is 1.50 bits per heavy atom. The van der Waals surface area contributed by atoms with Crippen LogP contribution in [0.4, 0.5) is 5.95 Å². The number of carbonyl (C=O) groups is 1. The first-order valence-corrected chi connectivity index (χ1v) is 5.89. The van der Waals surface area contributed by atoms with Crippen LogP contribution in [-0.4, -0.2) is 35.7 Å². The summed E-state index contributed by atoms with van der Waals surface area (Å²) in [6, 6.07) is 1.25. The Labute approximate surface area is 107 Å². The van der Waals surface area contributed by atoms with E-state index in [1.165, 1.54) is 7.11 Å². The zero-order valence-corrected chi connectivity index (χ0v) is 11.2. The molecular weight excluding hydrogens is 234 g/mol. The molecule has 18 heavy (non-hydrogen) atoms. The van der Waals surface area contributed by atoms with Crippen LogP contribution in [0.2, 0.25) is 0 Å². The highest BCUT2D eigenvalue weighted by Gasteiger charge is 2.14. The SMILES string of the molecule is CCCOc1cc(C)nc(NC(C)C(=O)OC)n1. The number of nitrogens with one attached hydrogen (secondary N) is 1. The van der Waals surface area contributed by atoms with Crippen LogP contribution < -0.4 is 10.1 Å². The molecule has 0 saturated heterocycles. The number of methoxy groups -OCH3 is 1. The van der Waals surface area contributed by atoms with Crippen LogP contribution in [0.15, 0.2) is 6.07 Å². The lowest BCUT2D eigenvalue weighted by atomic mass is 10.3. The lowest BCUT2D eigenvalue weighted by Gasteiger charge is -2.12. The first kappa shape index (κ1) is 14.2. The maximum Gasteiger partial charge on any atom is 0.328 e. The maximum absolute atomic E-state index is 11.3. The highest BCUT2D eigenvalue weighted by Crippen LogP contribution is 2.13. The summed E-state index contributed by atoms with van der Waals surface area (Å²) in [5.41, 5.74) is 0.774. The van der Waals surface area contributed by atoms with Gasteiger partial charge in [-0.1, -0.05) is 6.92 Å². The predicted molar refractivity (Wildman–Crippen MR) is 67.7 cm³/mol. The molecule has 0 bridgehead atoms. The van der Waals surface area contributed by atoms with Gasteiger partial charge in [0.25, 0.3) is 0 Å². The third-order valence-electron chi connectivity index (χ3n) is 2.19. The van der Waals surface area contributed by atoms with Crippen LogP contribution in [-0.2, 0) is 9.53 Å². The molecule has 6 nitrogen and oxygen atoms in total. The quantitative estimate of drug-likeness (QED) is 0.775. The van der Waals surface area contributed by atoms with E-state index in [1.807, 2.05) is 13.8 Å².